The lowest BCUT2D eigenvalue weighted by atomic mass is 10.0. The molecule has 0 heterocycles. The van der Waals surface area contributed by atoms with Crippen LogP contribution in [-0.4, -0.2) is 34.5 Å². The molecule has 2 aromatic rings. The van der Waals surface area contributed by atoms with Crippen LogP contribution >= 0.6 is 0 Å². The van der Waals surface area contributed by atoms with Gasteiger partial charge in [0.25, 0.3) is 5.91 Å². The van der Waals surface area contributed by atoms with Gasteiger partial charge in [0.2, 0.25) is 0 Å². The molecule has 0 aliphatic heterocycles. The zero-order chi connectivity index (χ0) is 15.7. The van der Waals surface area contributed by atoms with Crippen LogP contribution in [0.2, 0.25) is 0 Å². The normalized spacial score (nSPS) is 15.5. The summed E-state index contributed by atoms with van der Waals surface area (Å²) in [4.78, 5) is 25.8. The number of amides is 1. The van der Waals surface area contributed by atoms with E-state index < -0.39 is 11.9 Å². The molecule has 1 atom stereocenters. The highest BCUT2D eigenvalue weighted by molar-refractivity contribution is 6.07. The van der Waals surface area contributed by atoms with E-state index in [4.69, 9.17) is 5.11 Å². The van der Waals surface area contributed by atoms with Crippen molar-refractivity contribution in [2.45, 2.75) is 25.8 Å². The summed E-state index contributed by atoms with van der Waals surface area (Å²) in [6, 6.07) is 13.7. The molecule has 1 fully saturated rings. The number of nitrogens with zero attached hydrogens (tertiary/aromatic N) is 1. The summed E-state index contributed by atoms with van der Waals surface area (Å²) in [7, 11) is 0. The van der Waals surface area contributed by atoms with Crippen molar-refractivity contribution >= 4 is 22.6 Å². The maximum Gasteiger partial charge on any atom is 0.308 e. The fraction of sp³-hybridized carbons (Fsp3) is 0.333. The van der Waals surface area contributed by atoms with E-state index in [1.54, 1.807) is 11.8 Å². The molecule has 0 bridgehead atoms. The van der Waals surface area contributed by atoms with Gasteiger partial charge in [-0.15, -0.1) is 0 Å². The molecule has 1 N–H and O–H groups in total. The van der Waals surface area contributed by atoms with Crippen molar-refractivity contribution in [1.82, 2.24) is 4.90 Å². The Morgan fingerprint density at radius 1 is 1.18 bits per heavy atom. The molecule has 22 heavy (non-hydrogen) atoms. The van der Waals surface area contributed by atoms with Crippen molar-refractivity contribution in [1.29, 1.82) is 0 Å². The highest BCUT2D eigenvalue weighted by Crippen LogP contribution is 2.30. The number of carboxylic acid groups (broad SMARTS) is 1. The first-order valence-electron chi connectivity index (χ1n) is 7.59. The molecule has 1 aliphatic rings. The van der Waals surface area contributed by atoms with Crippen LogP contribution in [0.25, 0.3) is 10.8 Å². The van der Waals surface area contributed by atoms with E-state index in [0.717, 1.165) is 23.6 Å². The topological polar surface area (TPSA) is 57.6 Å². The van der Waals surface area contributed by atoms with E-state index in [9.17, 15) is 9.59 Å². The second-order valence-electron chi connectivity index (χ2n) is 5.95. The van der Waals surface area contributed by atoms with Gasteiger partial charge in [-0.2, -0.15) is 0 Å². The molecule has 3 rings (SSSR count). The third-order valence-electron chi connectivity index (χ3n) is 4.16. The molecule has 1 saturated carbocycles. The van der Waals surface area contributed by atoms with Gasteiger partial charge in [0, 0.05) is 18.2 Å². The molecule has 1 amide bonds. The predicted octanol–water partition coefficient (Wildman–Crippen LogP) is 3.17. The Morgan fingerprint density at radius 3 is 2.55 bits per heavy atom. The van der Waals surface area contributed by atoms with Crippen molar-refractivity contribution < 1.29 is 14.7 Å². The molecule has 4 heteroatoms. The summed E-state index contributed by atoms with van der Waals surface area (Å²) in [5, 5.41) is 11.1. The minimum absolute atomic E-state index is 0.0626. The van der Waals surface area contributed by atoms with Crippen LogP contribution in [0.3, 0.4) is 0 Å². The standard InChI is InChI=1S/C18H19NO3/c1-12(18(21)22)11-19(14-9-10-14)17(20)16-8-4-6-13-5-2-3-7-15(13)16/h2-8,12,14H,9-11H2,1H3,(H,21,22)/t12-/m0/s1. The smallest absolute Gasteiger partial charge is 0.308 e. The van der Waals surface area contributed by atoms with E-state index in [1.807, 2.05) is 42.5 Å². The van der Waals surface area contributed by atoms with Gasteiger partial charge in [0.15, 0.2) is 0 Å². The number of aliphatic carboxylic acids is 1. The zero-order valence-corrected chi connectivity index (χ0v) is 12.5. The maximum atomic E-state index is 12.9. The van der Waals surface area contributed by atoms with Gasteiger partial charge < -0.3 is 10.0 Å². The van der Waals surface area contributed by atoms with Crippen molar-refractivity contribution in [3.8, 4) is 0 Å². The van der Waals surface area contributed by atoms with E-state index >= 15 is 0 Å². The molecule has 0 spiro atoms. The molecular formula is C18H19NO3. The largest absolute Gasteiger partial charge is 0.481 e. The summed E-state index contributed by atoms with van der Waals surface area (Å²) in [6.07, 6.45) is 1.92. The third kappa shape index (κ3) is 2.82. The van der Waals surface area contributed by atoms with Crippen LogP contribution in [0.4, 0.5) is 0 Å². The highest BCUT2D eigenvalue weighted by Gasteiger charge is 2.35. The SMILES string of the molecule is C[C@@H](CN(C(=O)c1cccc2ccccc12)C1CC1)C(=O)O. The van der Waals surface area contributed by atoms with E-state index in [1.165, 1.54) is 0 Å². The number of carbonyl (C=O) groups is 2. The molecule has 0 aromatic heterocycles. The zero-order valence-electron chi connectivity index (χ0n) is 12.5. The molecule has 2 aromatic carbocycles. The van der Waals surface area contributed by atoms with Crippen LogP contribution in [0.1, 0.15) is 30.1 Å². The van der Waals surface area contributed by atoms with Crippen LogP contribution < -0.4 is 0 Å². The van der Waals surface area contributed by atoms with Gasteiger partial charge in [-0.1, -0.05) is 43.3 Å². The number of hydrogen-bond donors (Lipinski definition) is 1. The Bertz CT molecular complexity index is 716. The van der Waals surface area contributed by atoms with Gasteiger partial charge in [-0.25, -0.2) is 0 Å². The predicted molar refractivity (Wildman–Crippen MR) is 84.8 cm³/mol. The maximum absolute atomic E-state index is 12.9. The van der Waals surface area contributed by atoms with Crippen molar-refractivity contribution in [3.05, 3.63) is 48.0 Å². The number of rotatable bonds is 5. The van der Waals surface area contributed by atoms with Gasteiger partial charge in [-0.05, 0) is 29.7 Å². The Morgan fingerprint density at radius 2 is 1.86 bits per heavy atom. The summed E-state index contributed by atoms with van der Waals surface area (Å²) in [5.41, 5.74) is 0.655. The molecule has 114 valence electrons. The minimum atomic E-state index is -0.864. The molecule has 0 radical (unpaired) electrons. The number of hydrogen-bond acceptors (Lipinski definition) is 2. The lowest BCUT2D eigenvalue weighted by Crippen LogP contribution is -2.38. The summed E-state index contributed by atoms with van der Waals surface area (Å²) < 4.78 is 0. The van der Waals surface area contributed by atoms with Crippen LogP contribution in [0, 0.1) is 5.92 Å². The fourth-order valence-corrected chi connectivity index (χ4v) is 2.72. The quantitative estimate of drug-likeness (QED) is 0.922. The van der Waals surface area contributed by atoms with Gasteiger partial charge in [0.05, 0.1) is 5.92 Å². The van der Waals surface area contributed by atoms with Gasteiger partial charge >= 0.3 is 5.97 Å². The monoisotopic (exact) mass is 297 g/mol. The first kappa shape index (κ1) is 14.6. The second kappa shape index (κ2) is 5.79. The summed E-state index contributed by atoms with van der Waals surface area (Å²) in [5.74, 6) is -1.48. The summed E-state index contributed by atoms with van der Waals surface area (Å²) >= 11 is 0. The Balaban J connectivity index is 1.94. The summed E-state index contributed by atoms with van der Waals surface area (Å²) in [6.45, 7) is 1.91. The van der Waals surface area contributed by atoms with E-state index in [2.05, 4.69) is 0 Å². The Kier molecular flexibility index (Phi) is 3.84. The number of carboxylic acids is 1. The molecule has 0 saturated heterocycles. The Hall–Kier alpha value is -2.36. The van der Waals surface area contributed by atoms with Gasteiger partial charge in [0.1, 0.15) is 0 Å². The van der Waals surface area contributed by atoms with Crippen LogP contribution in [0.5, 0.6) is 0 Å². The first-order chi connectivity index (χ1) is 10.6. The second-order valence-corrected chi connectivity index (χ2v) is 5.95. The molecular weight excluding hydrogens is 278 g/mol. The van der Waals surface area contributed by atoms with Crippen LogP contribution in [0.15, 0.2) is 42.5 Å². The highest BCUT2D eigenvalue weighted by atomic mass is 16.4. The first-order valence-corrected chi connectivity index (χ1v) is 7.59. The van der Waals surface area contributed by atoms with Crippen molar-refractivity contribution in [3.63, 3.8) is 0 Å². The molecule has 0 unspecified atom stereocenters. The van der Waals surface area contributed by atoms with Crippen molar-refractivity contribution in [2.75, 3.05) is 6.54 Å². The number of carbonyl (C=O) groups excluding carboxylic acids is 1. The average Bonchev–Trinajstić information content (AvgIpc) is 3.35. The number of fused-ring (bicyclic) bond motifs is 1. The van der Waals surface area contributed by atoms with E-state index in [0.29, 0.717) is 5.56 Å². The molecule has 1 aliphatic carbocycles. The lowest BCUT2D eigenvalue weighted by molar-refractivity contribution is -0.141. The van der Waals surface area contributed by atoms with Crippen molar-refractivity contribution in [2.24, 2.45) is 5.92 Å². The lowest BCUT2D eigenvalue weighted by Gasteiger charge is -2.25. The fourth-order valence-electron chi connectivity index (χ4n) is 2.72. The van der Waals surface area contributed by atoms with Crippen LogP contribution in [-0.2, 0) is 4.79 Å². The minimum Gasteiger partial charge on any atom is -0.481 e. The third-order valence-corrected chi connectivity index (χ3v) is 4.16. The van der Waals surface area contributed by atoms with Gasteiger partial charge in [-0.3, -0.25) is 9.59 Å². The Labute approximate surface area is 129 Å². The molecule has 4 nitrogen and oxygen atoms in total. The average molecular weight is 297 g/mol. The van der Waals surface area contributed by atoms with E-state index in [-0.39, 0.29) is 18.5 Å². The number of benzene rings is 2.